The molecule has 0 radical (unpaired) electrons. The first-order chi connectivity index (χ1) is 15.2. The summed E-state index contributed by atoms with van der Waals surface area (Å²) < 4.78 is 27.2. The molecule has 0 aliphatic carbocycles. The van der Waals surface area contributed by atoms with Crippen LogP contribution in [0.25, 0.3) is 0 Å². The summed E-state index contributed by atoms with van der Waals surface area (Å²) in [7, 11) is -3.63. The fraction of sp³-hybridized carbons (Fsp3) is 0.591. The number of piperidine rings is 1. The van der Waals surface area contributed by atoms with Crippen LogP contribution < -0.4 is 10.6 Å². The zero-order valence-electron chi connectivity index (χ0n) is 18.7. The van der Waals surface area contributed by atoms with Gasteiger partial charge in [0.2, 0.25) is 15.9 Å². The van der Waals surface area contributed by atoms with E-state index in [1.54, 1.807) is 12.1 Å². The molecular weight excluding hydrogens is 432 g/mol. The molecule has 2 N–H and O–H groups in total. The van der Waals surface area contributed by atoms with Crippen molar-refractivity contribution in [3.8, 4) is 0 Å². The maximum Gasteiger partial charge on any atom is 0.325 e. The molecule has 4 amide bonds. The second-order valence-electron chi connectivity index (χ2n) is 8.44. The number of hydrogen-bond acceptors (Lipinski definition) is 5. The molecule has 0 atom stereocenters. The van der Waals surface area contributed by atoms with Crippen LogP contribution in [0.1, 0.15) is 58.8 Å². The maximum absolute atomic E-state index is 12.9. The van der Waals surface area contributed by atoms with Crippen molar-refractivity contribution in [3.63, 3.8) is 0 Å². The van der Waals surface area contributed by atoms with Crippen molar-refractivity contribution < 1.29 is 22.8 Å². The smallest absolute Gasteiger partial charge is 0.324 e. The molecule has 0 bridgehead atoms. The fourth-order valence-electron chi connectivity index (χ4n) is 4.47. The number of hydrogen-bond donors (Lipinski definition) is 2. The molecule has 176 valence electrons. The van der Waals surface area contributed by atoms with Crippen molar-refractivity contribution >= 4 is 33.6 Å². The number of sulfonamides is 1. The van der Waals surface area contributed by atoms with Gasteiger partial charge in [-0.2, -0.15) is 4.31 Å². The van der Waals surface area contributed by atoms with Crippen molar-refractivity contribution in [1.29, 1.82) is 0 Å². The van der Waals surface area contributed by atoms with Gasteiger partial charge in [0.15, 0.2) is 0 Å². The first-order valence-electron chi connectivity index (χ1n) is 11.3. The third kappa shape index (κ3) is 4.96. The number of carbonyl (C=O) groups is 3. The van der Waals surface area contributed by atoms with Crippen LogP contribution in [0.15, 0.2) is 29.2 Å². The average Bonchev–Trinajstić information content (AvgIpc) is 2.99. The number of carbonyl (C=O) groups excluding carboxylic acids is 3. The molecule has 9 nitrogen and oxygen atoms in total. The second-order valence-corrected chi connectivity index (χ2v) is 10.4. The standard InChI is InChI=1S/C22H32N4O5S/c1-3-11-22(12-4-2)20(28)26(21(29)24-22)16-19(27)23-17-9-8-10-18(15-17)32(30,31)25-13-6-5-7-14-25/h8-10,15H,3-7,11-14,16H2,1-2H3,(H,23,27)(H,24,29). The van der Waals surface area contributed by atoms with Gasteiger partial charge in [0, 0.05) is 18.8 Å². The van der Waals surface area contributed by atoms with Gasteiger partial charge in [0.25, 0.3) is 5.91 Å². The molecule has 0 spiro atoms. The van der Waals surface area contributed by atoms with Gasteiger partial charge in [-0.05, 0) is 43.9 Å². The molecule has 1 aromatic rings. The van der Waals surface area contributed by atoms with Crippen LogP contribution in [-0.2, 0) is 19.6 Å². The SMILES string of the molecule is CCCC1(CCC)NC(=O)N(CC(=O)Nc2cccc(S(=O)(=O)N3CCCCC3)c2)C1=O. The van der Waals surface area contributed by atoms with Crippen LogP contribution in [0.3, 0.4) is 0 Å². The Morgan fingerprint density at radius 3 is 2.38 bits per heavy atom. The zero-order chi connectivity index (χ0) is 23.4. The number of benzene rings is 1. The highest BCUT2D eigenvalue weighted by Crippen LogP contribution is 2.28. The van der Waals surface area contributed by atoms with Crippen LogP contribution in [0.2, 0.25) is 0 Å². The van der Waals surface area contributed by atoms with Crippen LogP contribution in [0.4, 0.5) is 10.5 Å². The number of imide groups is 1. The van der Waals surface area contributed by atoms with E-state index in [2.05, 4.69) is 10.6 Å². The predicted molar refractivity (Wildman–Crippen MR) is 120 cm³/mol. The minimum absolute atomic E-state index is 0.108. The third-order valence-corrected chi connectivity index (χ3v) is 7.87. The molecule has 2 aliphatic heterocycles. The van der Waals surface area contributed by atoms with Gasteiger partial charge in [0.05, 0.1) is 4.90 Å². The van der Waals surface area contributed by atoms with Crippen LogP contribution in [0.5, 0.6) is 0 Å². The van der Waals surface area contributed by atoms with E-state index in [0.29, 0.717) is 31.6 Å². The Hall–Kier alpha value is -2.46. The van der Waals surface area contributed by atoms with Crippen LogP contribution in [-0.4, -0.2) is 60.6 Å². The predicted octanol–water partition coefficient (Wildman–Crippen LogP) is 2.69. The average molecular weight is 465 g/mol. The summed E-state index contributed by atoms with van der Waals surface area (Å²) in [5.41, 5.74) is -0.656. The van der Waals surface area contributed by atoms with E-state index in [1.807, 2.05) is 13.8 Å². The Bertz CT molecular complexity index is 966. The van der Waals surface area contributed by atoms with Crippen LogP contribution >= 0.6 is 0 Å². The second kappa shape index (κ2) is 9.99. The highest BCUT2D eigenvalue weighted by atomic mass is 32.2. The summed E-state index contributed by atoms with van der Waals surface area (Å²) in [5.74, 6) is -0.951. The van der Waals surface area contributed by atoms with E-state index in [0.717, 1.165) is 37.0 Å². The highest BCUT2D eigenvalue weighted by Gasteiger charge is 2.50. The normalized spacial score (nSPS) is 19.1. The topological polar surface area (TPSA) is 116 Å². The zero-order valence-corrected chi connectivity index (χ0v) is 19.5. The lowest BCUT2D eigenvalue weighted by Crippen LogP contribution is -2.47. The molecule has 0 aromatic heterocycles. The summed E-state index contributed by atoms with van der Waals surface area (Å²) >= 11 is 0. The van der Waals surface area contributed by atoms with E-state index in [-0.39, 0.29) is 10.8 Å². The third-order valence-electron chi connectivity index (χ3n) is 5.97. The molecule has 32 heavy (non-hydrogen) atoms. The molecule has 2 saturated heterocycles. The van der Waals surface area contributed by atoms with E-state index < -0.39 is 34.0 Å². The number of urea groups is 1. The van der Waals surface area contributed by atoms with Crippen LogP contribution in [0, 0.1) is 0 Å². The Kier molecular flexibility index (Phi) is 7.55. The van der Waals surface area contributed by atoms with Gasteiger partial charge in [-0.25, -0.2) is 13.2 Å². The van der Waals surface area contributed by atoms with Gasteiger partial charge in [-0.3, -0.25) is 14.5 Å². The molecular formula is C22H32N4O5S. The van der Waals surface area contributed by atoms with E-state index in [4.69, 9.17) is 0 Å². The molecule has 2 heterocycles. The summed E-state index contributed by atoms with van der Waals surface area (Å²) in [6.07, 6.45) is 5.16. The van der Waals surface area contributed by atoms with Gasteiger partial charge in [0.1, 0.15) is 12.1 Å². The summed E-state index contributed by atoms with van der Waals surface area (Å²) in [4.78, 5) is 39.0. The van der Waals surface area contributed by atoms with Gasteiger partial charge < -0.3 is 10.6 Å². The van der Waals surface area contributed by atoms with E-state index in [9.17, 15) is 22.8 Å². The van der Waals surface area contributed by atoms with Crippen molar-refractivity contribution in [2.45, 2.75) is 69.2 Å². The first-order valence-corrected chi connectivity index (χ1v) is 12.7. The number of nitrogens with one attached hydrogen (secondary N) is 2. The molecule has 0 unspecified atom stereocenters. The molecule has 2 aliphatic rings. The van der Waals surface area contributed by atoms with Gasteiger partial charge >= 0.3 is 6.03 Å². The molecule has 2 fully saturated rings. The first kappa shape index (κ1) is 24.2. The number of anilines is 1. The van der Waals surface area contributed by atoms with Crippen molar-refractivity contribution in [2.24, 2.45) is 0 Å². The minimum Gasteiger partial charge on any atom is -0.324 e. The van der Waals surface area contributed by atoms with Crippen molar-refractivity contribution in [2.75, 3.05) is 25.0 Å². The summed E-state index contributed by atoms with van der Waals surface area (Å²) in [6, 6.07) is 5.48. The van der Waals surface area contributed by atoms with Crippen molar-refractivity contribution in [3.05, 3.63) is 24.3 Å². The summed E-state index contributed by atoms with van der Waals surface area (Å²) in [5, 5.41) is 5.40. The number of amides is 4. The number of nitrogens with zero attached hydrogens (tertiary/aromatic N) is 2. The largest absolute Gasteiger partial charge is 0.325 e. The monoisotopic (exact) mass is 464 g/mol. The van der Waals surface area contributed by atoms with E-state index >= 15 is 0 Å². The Labute approximate surface area is 189 Å². The lowest BCUT2D eigenvalue weighted by Gasteiger charge is -2.26. The fourth-order valence-corrected chi connectivity index (χ4v) is 6.03. The van der Waals surface area contributed by atoms with Gasteiger partial charge in [-0.15, -0.1) is 0 Å². The minimum atomic E-state index is -3.63. The molecule has 0 saturated carbocycles. The van der Waals surface area contributed by atoms with E-state index in [1.165, 1.54) is 16.4 Å². The lowest BCUT2D eigenvalue weighted by atomic mass is 9.88. The number of rotatable bonds is 9. The summed E-state index contributed by atoms with van der Waals surface area (Å²) in [6.45, 7) is 4.43. The highest BCUT2D eigenvalue weighted by molar-refractivity contribution is 7.89. The molecule has 3 rings (SSSR count). The van der Waals surface area contributed by atoms with Crippen molar-refractivity contribution in [1.82, 2.24) is 14.5 Å². The van der Waals surface area contributed by atoms with Gasteiger partial charge in [-0.1, -0.05) is 39.2 Å². The lowest BCUT2D eigenvalue weighted by molar-refractivity contribution is -0.134. The molecule has 10 heteroatoms. The Balaban J connectivity index is 1.70. The maximum atomic E-state index is 12.9. The Morgan fingerprint density at radius 1 is 1.09 bits per heavy atom. The molecule has 1 aromatic carbocycles. The Morgan fingerprint density at radius 2 is 1.75 bits per heavy atom. The quantitative estimate of drug-likeness (QED) is 0.545.